The molecule has 1 aromatic rings. The molecule has 1 aromatic carbocycles. The summed E-state index contributed by atoms with van der Waals surface area (Å²) < 4.78 is 29.3. The van der Waals surface area contributed by atoms with Crippen LogP contribution in [0.2, 0.25) is 0 Å². The molecule has 5 nitrogen and oxygen atoms in total. The van der Waals surface area contributed by atoms with Gasteiger partial charge in [0.05, 0.1) is 24.5 Å². The second kappa shape index (κ2) is 6.79. The fraction of sp³-hybridized carbons (Fsp3) is 0.500. The molecule has 0 aromatic heterocycles. The molecule has 1 saturated heterocycles. The van der Waals surface area contributed by atoms with Crippen LogP contribution in [0.3, 0.4) is 0 Å². The first kappa shape index (κ1) is 16.3. The summed E-state index contributed by atoms with van der Waals surface area (Å²) in [7, 11) is -1.31. The van der Waals surface area contributed by atoms with Gasteiger partial charge in [0.15, 0.2) is 9.84 Å². The topological polar surface area (TPSA) is 63.7 Å². The van der Waals surface area contributed by atoms with Gasteiger partial charge in [0, 0.05) is 17.6 Å². The van der Waals surface area contributed by atoms with E-state index in [1.807, 2.05) is 24.3 Å². The average Bonchev–Trinajstić information content (AvgIpc) is 2.80. The van der Waals surface area contributed by atoms with E-state index in [0.717, 1.165) is 4.47 Å². The van der Waals surface area contributed by atoms with E-state index in [9.17, 15) is 13.2 Å². The molecule has 0 bridgehead atoms. The Morgan fingerprint density at radius 1 is 1.38 bits per heavy atom. The molecule has 0 spiro atoms. The van der Waals surface area contributed by atoms with Gasteiger partial charge in [-0.15, -0.1) is 0 Å². The molecule has 1 fully saturated rings. The fourth-order valence-corrected chi connectivity index (χ4v) is 4.29. The van der Waals surface area contributed by atoms with Crippen LogP contribution in [0.4, 0.5) is 0 Å². The van der Waals surface area contributed by atoms with Crippen LogP contribution in [-0.2, 0) is 14.6 Å². The summed E-state index contributed by atoms with van der Waals surface area (Å²) in [4.78, 5) is 13.6. The van der Waals surface area contributed by atoms with E-state index in [4.69, 9.17) is 4.74 Å². The molecule has 1 aliphatic rings. The van der Waals surface area contributed by atoms with E-state index in [0.29, 0.717) is 12.2 Å². The highest BCUT2D eigenvalue weighted by Crippen LogP contribution is 2.18. The van der Waals surface area contributed by atoms with E-state index in [-0.39, 0.29) is 36.5 Å². The molecular weight excluding hydrogens is 358 g/mol. The van der Waals surface area contributed by atoms with Crippen LogP contribution in [0.25, 0.3) is 0 Å². The molecule has 1 aliphatic heterocycles. The maximum Gasteiger partial charge on any atom is 0.226 e. The standard InChI is InChI=1S/C14H18BrNO4S/c1-16(12-7-9-21(18,19)10-12)14(17)6-8-20-13-4-2-11(15)3-5-13/h2-5,12H,6-10H2,1H3. The van der Waals surface area contributed by atoms with Crippen molar-refractivity contribution in [1.29, 1.82) is 0 Å². The lowest BCUT2D eigenvalue weighted by atomic mass is 10.2. The largest absolute Gasteiger partial charge is 0.493 e. The van der Waals surface area contributed by atoms with Crippen molar-refractivity contribution in [3.63, 3.8) is 0 Å². The molecule has 0 N–H and O–H groups in total. The van der Waals surface area contributed by atoms with Crippen LogP contribution in [0, 0.1) is 0 Å². The van der Waals surface area contributed by atoms with Crippen molar-refractivity contribution >= 4 is 31.7 Å². The van der Waals surface area contributed by atoms with E-state index >= 15 is 0 Å². The van der Waals surface area contributed by atoms with Crippen LogP contribution in [-0.4, -0.2) is 50.4 Å². The number of carbonyl (C=O) groups excluding carboxylic acids is 1. The Kier molecular flexibility index (Phi) is 5.27. The lowest BCUT2D eigenvalue weighted by Crippen LogP contribution is -2.38. The first-order valence-electron chi connectivity index (χ1n) is 6.72. The summed E-state index contributed by atoms with van der Waals surface area (Å²) in [5.41, 5.74) is 0. The zero-order chi connectivity index (χ0) is 15.5. The van der Waals surface area contributed by atoms with Crippen molar-refractivity contribution in [3.05, 3.63) is 28.7 Å². The van der Waals surface area contributed by atoms with Gasteiger partial charge >= 0.3 is 0 Å². The normalized spacial score (nSPS) is 20.2. The Labute approximate surface area is 133 Å². The van der Waals surface area contributed by atoms with Crippen LogP contribution >= 0.6 is 15.9 Å². The number of benzene rings is 1. The minimum atomic E-state index is -2.97. The number of ether oxygens (including phenoxy) is 1. The summed E-state index contributed by atoms with van der Waals surface area (Å²) in [5, 5.41) is 0. The molecule has 1 atom stereocenters. The molecular formula is C14H18BrNO4S. The Balaban J connectivity index is 1.78. The number of sulfone groups is 1. The first-order chi connectivity index (χ1) is 9.87. The predicted octanol–water partition coefficient (Wildman–Crippen LogP) is 1.86. The molecule has 1 amide bonds. The second-order valence-electron chi connectivity index (χ2n) is 5.11. The third-order valence-corrected chi connectivity index (χ3v) is 5.83. The first-order valence-corrected chi connectivity index (χ1v) is 9.33. The van der Waals surface area contributed by atoms with Crippen LogP contribution in [0.5, 0.6) is 5.75 Å². The van der Waals surface area contributed by atoms with Gasteiger partial charge in [-0.2, -0.15) is 0 Å². The van der Waals surface area contributed by atoms with Crippen molar-refractivity contribution in [2.24, 2.45) is 0 Å². The highest BCUT2D eigenvalue weighted by atomic mass is 79.9. The minimum absolute atomic E-state index is 0.0722. The maximum absolute atomic E-state index is 12.0. The third kappa shape index (κ3) is 4.71. The molecule has 116 valence electrons. The van der Waals surface area contributed by atoms with Crippen molar-refractivity contribution in [2.75, 3.05) is 25.2 Å². The highest BCUT2D eigenvalue weighted by Gasteiger charge is 2.32. The van der Waals surface area contributed by atoms with E-state index < -0.39 is 9.84 Å². The van der Waals surface area contributed by atoms with Crippen LogP contribution in [0.1, 0.15) is 12.8 Å². The summed E-state index contributed by atoms with van der Waals surface area (Å²) >= 11 is 3.34. The van der Waals surface area contributed by atoms with E-state index in [2.05, 4.69) is 15.9 Å². The lowest BCUT2D eigenvalue weighted by molar-refractivity contribution is -0.132. The molecule has 0 aliphatic carbocycles. The minimum Gasteiger partial charge on any atom is -0.493 e. The Morgan fingerprint density at radius 3 is 2.62 bits per heavy atom. The number of amides is 1. The zero-order valence-corrected chi connectivity index (χ0v) is 14.2. The maximum atomic E-state index is 12.0. The summed E-state index contributed by atoms with van der Waals surface area (Å²) in [5.74, 6) is 0.860. The molecule has 0 radical (unpaired) electrons. The van der Waals surface area contributed by atoms with E-state index in [1.54, 1.807) is 7.05 Å². The van der Waals surface area contributed by atoms with Crippen molar-refractivity contribution in [1.82, 2.24) is 4.90 Å². The van der Waals surface area contributed by atoms with Gasteiger partial charge in [-0.25, -0.2) is 8.42 Å². The Bertz CT molecular complexity index is 600. The monoisotopic (exact) mass is 375 g/mol. The predicted molar refractivity (Wildman–Crippen MR) is 84.1 cm³/mol. The Morgan fingerprint density at radius 2 is 2.05 bits per heavy atom. The third-order valence-electron chi connectivity index (χ3n) is 3.55. The van der Waals surface area contributed by atoms with Gasteiger partial charge in [-0.1, -0.05) is 15.9 Å². The number of nitrogens with zero attached hydrogens (tertiary/aromatic N) is 1. The summed E-state index contributed by atoms with van der Waals surface area (Å²) in [6, 6.07) is 7.18. The average molecular weight is 376 g/mol. The van der Waals surface area contributed by atoms with Crippen LogP contribution < -0.4 is 4.74 Å². The fourth-order valence-electron chi connectivity index (χ4n) is 2.25. The number of carbonyl (C=O) groups is 1. The van der Waals surface area contributed by atoms with E-state index in [1.165, 1.54) is 4.90 Å². The quantitative estimate of drug-likeness (QED) is 0.787. The molecule has 1 heterocycles. The summed E-state index contributed by atoms with van der Waals surface area (Å²) in [6.45, 7) is 0.282. The summed E-state index contributed by atoms with van der Waals surface area (Å²) in [6.07, 6.45) is 0.765. The van der Waals surface area contributed by atoms with Crippen LogP contribution in [0.15, 0.2) is 28.7 Å². The van der Waals surface area contributed by atoms with Gasteiger partial charge < -0.3 is 9.64 Å². The smallest absolute Gasteiger partial charge is 0.226 e. The highest BCUT2D eigenvalue weighted by molar-refractivity contribution is 9.10. The molecule has 2 rings (SSSR count). The number of halogens is 1. The van der Waals surface area contributed by atoms with Crippen molar-refractivity contribution in [3.8, 4) is 5.75 Å². The van der Waals surface area contributed by atoms with Gasteiger partial charge in [0.1, 0.15) is 5.75 Å². The zero-order valence-electron chi connectivity index (χ0n) is 11.8. The van der Waals surface area contributed by atoms with Gasteiger partial charge in [0.2, 0.25) is 5.91 Å². The van der Waals surface area contributed by atoms with Gasteiger partial charge in [-0.3, -0.25) is 4.79 Å². The number of hydrogen-bond donors (Lipinski definition) is 0. The molecule has 21 heavy (non-hydrogen) atoms. The second-order valence-corrected chi connectivity index (χ2v) is 8.26. The van der Waals surface area contributed by atoms with Crippen molar-refractivity contribution < 1.29 is 17.9 Å². The Hall–Kier alpha value is -1.08. The van der Waals surface area contributed by atoms with Gasteiger partial charge in [-0.05, 0) is 30.7 Å². The van der Waals surface area contributed by atoms with Crippen molar-refractivity contribution in [2.45, 2.75) is 18.9 Å². The number of hydrogen-bond acceptors (Lipinski definition) is 4. The molecule has 0 saturated carbocycles. The molecule has 7 heteroatoms. The number of rotatable bonds is 5. The SMILES string of the molecule is CN(C(=O)CCOc1ccc(Br)cc1)C1CCS(=O)(=O)C1. The molecule has 1 unspecified atom stereocenters. The lowest BCUT2D eigenvalue weighted by Gasteiger charge is -2.23. The van der Waals surface area contributed by atoms with Gasteiger partial charge in [0.25, 0.3) is 0 Å².